The largest absolute Gasteiger partial charge is 0.466 e. The summed E-state index contributed by atoms with van der Waals surface area (Å²) in [7, 11) is 1.21. The molecule has 1 amide bonds. The van der Waals surface area contributed by atoms with Crippen molar-refractivity contribution in [1.29, 1.82) is 0 Å². The first kappa shape index (κ1) is 16.1. The van der Waals surface area contributed by atoms with Gasteiger partial charge in [0, 0.05) is 18.1 Å². The molecule has 18 heavy (non-hydrogen) atoms. The van der Waals surface area contributed by atoms with Crippen LogP contribution in [-0.2, 0) is 23.9 Å². The maximum Gasteiger partial charge on any atom is 0.331 e. The SMILES string of the molecule is COC(=O)C=CC(=O)OC[C@H](C)NC(=O)C(C)C. The molecule has 0 aromatic heterocycles. The highest BCUT2D eigenvalue weighted by molar-refractivity contribution is 5.91. The van der Waals surface area contributed by atoms with Crippen molar-refractivity contribution in [3.05, 3.63) is 12.2 Å². The number of amides is 1. The zero-order valence-electron chi connectivity index (χ0n) is 11.1. The predicted molar refractivity (Wildman–Crippen MR) is 64.6 cm³/mol. The van der Waals surface area contributed by atoms with E-state index in [1.165, 1.54) is 7.11 Å². The summed E-state index contributed by atoms with van der Waals surface area (Å²) in [5, 5.41) is 2.68. The molecule has 0 unspecified atom stereocenters. The van der Waals surface area contributed by atoms with Gasteiger partial charge in [-0.2, -0.15) is 0 Å². The van der Waals surface area contributed by atoms with Gasteiger partial charge in [-0.3, -0.25) is 4.79 Å². The van der Waals surface area contributed by atoms with Gasteiger partial charge < -0.3 is 14.8 Å². The molecule has 0 rings (SSSR count). The van der Waals surface area contributed by atoms with Crippen LogP contribution in [0.25, 0.3) is 0 Å². The molecule has 0 heterocycles. The second-order valence-electron chi connectivity index (χ2n) is 4.05. The minimum atomic E-state index is -0.661. The summed E-state index contributed by atoms with van der Waals surface area (Å²) < 4.78 is 9.15. The van der Waals surface area contributed by atoms with Crippen molar-refractivity contribution in [2.75, 3.05) is 13.7 Å². The summed E-state index contributed by atoms with van der Waals surface area (Å²) >= 11 is 0. The summed E-state index contributed by atoms with van der Waals surface area (Å²) in [4.78, 5) is 33.2. The minimum Gasteiger partial charge on any atom is -0.466 e. The van der Waals surface area contributed by atoms with Crippen molar-refractivity contribution in [3.63, 3.8) is 0 Å². The Balaban J connectivity index is 3.95. The molecule has 102 valence electrons. The van der Waals surface area contributed by atoms with E-state index in [1.807, 2.05) is 0 Å². The Morgan fingerprint density at radius 1 is 1.11 bits per heavy atom. The lowest BCUT2D eigenvalue weighted by Gasteiger charge is -2.15. The van der Waals surface area contributed by atoms with Crippen molar-refractivity contribution in [2.45, 2.75) is 26.8 Å². The first-order valence-corrected chi connectivity index (χ1v) is 5.60. The molecule has 0 radical (unpaired) electrons. The van der Waals surface area contributed by atoms with E-state index in [1.54, 1.807) is 20.8 Å². The molecule has 1 N–H and O–H groups in total. The van der Waals surface area contributed by atoms with Crippen LogP contribution in [0, 0.1) is 5.92 Å². The first-order chi connectivity index (χ1) is 8.36. The van der Waals surface area contributed by atoms with Gasteiger partial charge in [0.2, 0.25) is 5.91 Å². The number of hydrogen-bond acceptors (Lipinski definition) is 5. The number of esters is 2. The van der Waals surface area contributed by atoms with Gasteiger partial charge in [0.1, 0.15) is 6.61 Å². The van der Waals surface area contributed by atoms with Crippen molar-refractivity contribution >= 4 is 17.8 Å². The van der Waals surface area contributed by atoms with Crippen LogP contribution >= 0.6 is 0 Å². The van der Waals surface area contributed by atoms with Gasteiger partial charge in [-0.1, -0.05) is 13.8 Å². The smallest absolute Gasteiger partial charge is 0.331 e. The molecule has 0 aliphatic carbocycles. The monoisotopic (exact) mass is 257 g/mol. The molecule has 1 atom stereocenters. The predicted octanol–water partition coefficient (Wildman–Crippen LogP) is 0.419. The van der Waals surface area contributed by atoms with Crippen LogP contribution in [-0.4, -0.2) is 37.6 Å². The van der Waals surface area contributed by atoms with E-state index < -0.39 is 11.9 Å². The average Bonchev–Trinajstić information content (AvgIpc) is 2.32. The minimum absolute atomic E-state index is 0.0445. The highest BCUT2D eigenvalue weighted by Gasteiger charge is 2.11. The van der Waals surface area contributed by atoms with E-state index in [9.17, 15) is 14.4 Å². The van der Waals surface area contributed by atoms with Gasteiger partial charge >= 0.3 is 11.9 Å². The van der Waals surface area contributed by atoms with Crippen molar-refractivity contribution in [3.8, 4) is 0 Å². The second-order valence-corrected chi connectivity index (χ2v) is 4.05. The number of rotatable bonds is 6. The van der Waals surface area contributed by atoms with Crippen molar-refractivity contribution in [2.24, 2.45) is 5.92 Å². The molecule has 0 aliphatic heterocycles. The maximum absolute atomic E-state index is 11.3. The molecule has 0 spiro atoms. The lowest BCUT2D eigenvalue weighted by molar-refractivity contribution is -0.140. The molecule has 0 aromatic carbocycles. The van der Waals surface area contributed by atoms with Crippen LogP contribution in [0.2, 0.25) is 0 Å². The van der Waals surface area contributed by atoms with Gasteiger partial charge in [0.25, 0.3) is 0 Å². The fourth-order valence-electron chi connectivity index (χ4n) is 0.911. The molecule has 0 fully saturated rings. The Hall–Kier alpha value is -1.85. The Morgan fingerprint density at radius 3 is 2.17 bits per heavy atom. The summed E-state index contributed by atoms with van der Waals surface area (Å²) in [6, 6.07) is -0.282. The molecule has 0 aliphatic rings. The lowest BCUT2D eigenvalue weighted by Crippen LogP contribution is -2.38. The Kier molecular flexibility index (Phi) is 7.42. The van der Waals surface area contributed by atoms with Gasteiger partial charge in [0.05, 0.1) is 13.2 Å². The van der Waals surface area contributed by atoms with E-state index in [4.69, 9.17) is 4.74 Å². The first-order valence-electron chi connectivity index (χ1n) is 5.60. The summed E-state index contributed by atoms with van der Waals surface area (Å²) in [6.07, 6.45) is 1.95. The number of nitrogens with one attached hydrogen (secondary N) is 1. The topological polar surface area (TPSA) is 81.7 Å². The highest BCUT2D eigenvalue weighted by Crippen LogP contribution is 1.94. The fourth-order valence-corrected chi connectivity index (χ4v) is 0.911. The molecular formula is C12H19NO5. The standard InChI is InChI=1S/C12H19NO5/c1-8(2)12(16)13-9(3)7-18-11(15)6-5-10(14)17-4/h5-6,8-9H,7H2,1-4H3,(H,13,16)/t9-/m0/s1. The third-order valence-electron chi connectivity index (χ3n) is 1.95. The molecule has 6 nitrogen and oxygen atoms in total. The number of hydrogen-bond donors (Lipinski definition) is 1. The van der Waals surface area contributed by atoms with E-state index in [2.05, 4.69) is 10.1 Å². The van der Waals surface area contributed by atoms with E-state index in [-0.39, 0.29) is 24.5 Å². The highest BCUT2D eigenvalue weighted by atomic mass is 16.5. The average molecular weight is 257 g/mol. The lowest BCUT2D eigenvalue weighted by atomic mass is 10.2. The third-order valence-corrected chi connectivity index (χ3v) is 1.95. The van der Waals surface area contributed by atoms with E-state index in [0.29, 0.717) is 0 Å². The Morgan fingerprint density at radius 2 is 1.67 bits per heavy atom. The van der Waals surface area contributed by atoms with Gasteiger partial charge in [0.15, 0.2) is 0 Å². The summed E-state index contributed by atoms with van der Waals surface area (Å²) in [5.74, 6) is -1.52. The number of carbonyl (C=O) groups is 3. The number of carbonyl (C=O) groups excluding carboxylic acids is 3. The zero-order valence-corrected chi connectivity index (χ0v) is 11.1. The van der Waals surface area contributed by atoms with Crippen molar-refractivity contribution in [1.82, 2.24) is 5.32 Å². The third kappa shape index (κ3) is 7.43. The summed E-state index contributed by atoms with van der Waals surface area (Å²) in [6.45, 7) is 5.31. The van der Waals surface area contributed by atoms with Crippen LogP contribution in [0.5, 0.6) is 0 Å². The zero-order chi connectivity index (χ0) is 14.1. The molecule has 0 saturated carbocycles. The molecule has 0 aromatic rings. The van der Waals surface area contributed by atoms with Crippen molar-refractivity contribution < 1.29 is 23.9 Å². The van der Waals surface area contributed by atoms with Gasteiger partial charge in [-0.15, -0.1) is 0 Å². The summed E-state index contributed by atoms with van der Waals surface area (Å²) in [5.41, 5.74) is 0. The Labute approximate surface area is 106 Å². The fraction of sp³-hybridized carbons (Fsp3) is 0.583. The Bertz CT molecular complexity index is 335. The van der Waals surface area contributed by atoms with E-state index >= 15 is 0 Å². The molecule has 0 bridgehead atoms. The molecule has 0 saturated heterocycles. The van der Waals surface area contributed by atoms with Crippen LogP contribution in [0.3, 0.4) is 0 Å². The van der Waals surface area contributed by atoms with Crippen LogP contribution in [0.1, 0.15) is 20.8 Å². The normalized spacial score (nSPS) is 12.3. The van der Waals surface area contributed by atoms with Crippen LogP contribution in [0.4, 0.5) is 0 Å². The maximum atomic E-state index is 11.3. The molecule has 6 heteroatoms. The van der Waals surface area contributed by atoms with Gasteiger partial charge in [-0.05, 0) is 6.92 Å². The number of methoxy groups -OCH3 is 1. The van der Waals surface area contributed by atoms with Gasteiger partial charge in [-0.25, -0.2) is 9.59 Å². The van der Waals surface area contributed by atoms with Crippen LogP contribution < -0.4 is 5.32 Å². The van der Waals surface area contributed by atoms with Crippen LogP contribution in [0.15, 0.2) is 12.2 Å². The van der Waals surface area contributed by atoms with E-state index in [0.717, 1.165) is 12.2 Å². The second kappa shape index (κ2) is 8.27. The quantitative estimate of drug-likeness (QED) is 0.551. The number of ether oxygens (including phenoxy) is 2. The molecular weight excluding hydrogens is 238 g/mol.